The highest BCUT2D eigenvalue weighted by molar-refractivity contribution is 7.89. The van der Waals surface area contributed by atoms with Crippen molar-refractivity contribution in [3.8, 4) is 0 Å². The zero-order valence-corrected chi connectivity index (χ0v) is 23.8. The number of halogens is 3. The number of hydrogen-bond acceptors (Lipinski definition) is 6. The number of benzene rings is 2. The monoisotopic (exact) mass is 618 g/mol. The van der Waals surface area contributed by atoms with E-state index in [4.69, 9.17) is 23.2 Å². The molecule has 0 spiro atoms. The topological polar surface area (TPSA) is 124 Å². The molecular formula is C24H25Cl2FN4O6S2. The molecule has 3 fully saturated rings. The number of rotatable bonds is 7. The van der Waals surface area contributed by atoms with Crippen molar-refractivity contribution in [3.63, 3.8) is 0 Å². The van der Waals surface area contributed by atoms with Gasteiger partial charge in [-0.1, -0.05) is 35.3 Å². The van der Waals surface area contributed by atoms with Crippen molar-refractivity contribution in [1.29, 1.82) is 0 Å². The lowest BCUT2D eigenvalue weighted by Crippen LogP contribution is -2.76. The highest BCUT2D eigenvalue weighted by Crippen LogP contribution is 2.38. The lowest BCUT2D eigenvalue weighted by atomic mass is 9.97. The molecule has 1 saturated carbocycles. The van der Waals surface area contributed by atoms with Crippen LogP contribution in [0.4, 0.5) is 4.39 Å². The van der Waals surface area contributed by atoms with E-state index in [-0.39, 0.29) is 39.9 Å². The van der Waals surface area contributed by atoms with Gasteiger partial charge in [-0.3, -0.25) is 9.59 Å². The van der Waals surface area contributed by atoms with Gasteiger partial charge in [-0.05, 0) is 48.7 Å². The summed E-state index contributed by atoms with van der Waals surface area (Å²) in [4.78, 5) is 29.9. The molecule has 2 heterocycles. The van der Waals surface area contributed by atoms with Gasteiger partial charge < -0.3 is 9.80 Å². The number of fused-ring (bicyclic) bond motifs is 1. The van der Waals surface area contributed by atoms with E-state index in [0.717, 1.165) is 28.3 Å². The Balaban J connectivity index is 1.62. The standard InChI is InChI=1S/C24H25Cl2FN4O6S2/c1-38(34,35)28-19-12-30(39(36,37)21-9-4-15(25)11-18(21)26)22-13-29(17-7-8-17)24(33)20(31(22)23(19)32)10-14-2-5-16(27)6-3-14/h2-6,9,11,17,19-20,22,28H,7-8,10,12-13H2,1H3. The molecule has 1 N–H and O–H groups in total. The summed E-state index contributed by atoms with van der Waals surface area (Å²) in [6.07, 6.45) is 1.18. The van der Waals surface area contributed by atoms with Crippen LogP contribution in [0.3, 0.4) is 0 Å². The summed E-state index contributed by atoms with van der Waals surface area (Å²) in [7, 11) is -8.36. The van der Waals surface area contributed by atoms with Crippen LogP contribution in [0.15, 0.2) is 47.4 Å². The smallest absolute Gasteiger partial charge is 0.246 e. The summed E-state index contributed by atoms with van der Waals surface area (Å²) in [5, 5.41) is 0.0703. The molecule has 210 valence electrons. The van der Waals surface area contributed by atoms with E-state index in [9.17, 15) is 30.8 Å². The Bertz CT molecular complexity index is 1540. The van der Waals surface area contributed by atoms with Gasteiger partial charge in [0, 0.05) is 24.0 Å². The summed E-state index contributed by atoms with van der Waals surface area (Å²) in [5.41, 5.74) is 0.548. The van der Waals surface area contributed by atoms with Gasteiger partial charge in [0.2, 0.25) is 31.9 Å². The Morgan fingerprint density at radius 3 is 2.23 bits per heavy atom. The first-order chi connectivity index (χ1) is 18.3. The van der Waals surface area contributed by atoms with Crippen LogP contribution >= 0.6 is 23.2 Å². The zero-order valence-electron chi connectivity index (χ0n) is 20.6. The van der Waals surface area contributed by atoms with Crippen LogP contribution in [0.25, 0.3) is 0 Å². The van der Waals surface area contributed by atoms with Gasteiger partial charge in [-0.15, -0.1) is 0 Å². The molecule has 3 atom stereocenters. The molecule has 10 nitrogen and oxygen atoms in total. The molecule has 2 amide bonds. The second-order valence-electron chi connectivity index (χ2n) is 9.89. The minimum absolute atomic E-state index is 0.0221. The Hall–Kier alpha value is -2.29. The molecule has 0 bridgehead atoms. The van der Waals surface area contributed by atoms with Gasteiger partial charge in [0.05, 0.1) is 17.8 Å². The maximum atomic E-state index is 14.0. The van der Waals surface area contributed by atoms with Crippen molar-refractivity contribution in [2.75, 3.05) is 19.3 Å². The Morgan fingerprint density at radius 1 is 0.974 bits per heavy atom. The molecule has 2 aliphatic heterocycles. The van der Waals surface area contributed by atoms with Crippen molar-refractivity contribution in [1.82, 2.24) is 18.8 Å². The van der Waals surface area contributed by atoms with Gasteiger partial charge >= 0.3 is 0 Å². The maximum absolute atomic E-state index is 14.0. The van der Waals surface area contributed by atoms with Crippen molar-refractivity contribution < 1.29 is 30.8 Å². The van der Waals surface area contributed by atoms with Gasteiger partial charge in [0.15, 0.2) is 0 Å². The number of piperazine rings is 1. The summed E-state index contributed by atoms with van der Waals surface area (Å²) in [6, 6.07) is 6.55. The number of carbonyl (C=O) groups excluding carboxylic acids is 2. The molecule has 15 heteroatoms. The molecule has 0 radical (unpaired) electrons. The van der Waals surface area contributed by atoms with Gasteiger partial charge in [0.25, 0.3) is 0 Å². The fourth-order valence-corrected chi connectivity index (χ4v) is 8.15. The van der Waals surface area contributed by atoms with Crippen LogP contribution in [0.2, 0.25) is 10.0 Å². The summed E-state index contributed by atoms with van der Waals surface area (Å²) >= 11 is 12.2. The zero-order chi connectivity index (χ0) is 28.3. The van der Waals surface area contributed by atoms with Crippen LogP contribution in [0.1, 0.15) is 18.4 Å². The second-order valence-corrected chi connectivity index (χ2v) is 14.4. The molecule has 39 heavy (non-hydrogen) atoms. The number of hydrogen-bond donors (Lipinski definition) is 1. The minimum atomic E-state index is -4.41. The summed E-state index contributed by atoms with van der Waals surface area (Å²) in [6.45, 7) is -0.602. The van der Waals surface area contributed by atoms with E-state index >= 15 is 0 Å². The molecule has 2 aromatic carbocycles. The predicted octanol–water partition coefficient (Wildman–Crippen LogP) is 1.83. The third-order valence-electron chi connectivity index (χ3n) is 7.00. The van der Waals surface area contributed by atoms with Gasteiger partial charge in [-0.2, -0.15) is 4.31 Å². The van der Waals surface area contributed by atoms with E-state index in [2.05, 4.69) is 4.72 Å². The third kappa shape index (κ3) is 5.66. The minimum Gasteiger partial charge on any atom is -0.334 e. The van der Waals surface area contributed by atoms with Crippen LogP contribution in [0, 0.1) is 5.82 Å². The average Bonchev–Trinajstić information content (AvgIpc) is 3.68. The normalized spacial score (nSPS) is 24.7. The van der Waals surface area contributed by atoms with Gasteiger partial charge in [0.1, 0.15) is 29.0 Å². The Labute approximate surface area is 235 Å². The largest absolute Gasteiger partial charge is 0.334 e. The quantitative estimate of drug-likeness (QED) is 0.505. The van der Waals surface area contributed by atoms with Crippen LogP contribution in [0.5, 0.6) is 0 Å². The highest BCUT2D eigenvalue weighted by atomic mass is 35.5. The molecule has 5 rings (SSSR count). The second kappa shape index (κ2) is 10.3. The number of nitrogens with zero attached hydrogens (tertiary/aromatic N) is 3. The summed E-state index contributed by atoms with van der Waals surface area (Å²) in [5.74, 6) is -1.59. The van der Waals surface area contributed by atoms with Crippen molar-refractivity contribution >= 4 is 55.1 Å². The van der Waals surface area contributed by atoms with Crippen LogP contribution in [-0.2, 0) is 36.1 Å². The highest BCUT2D eigenvalue weighted by Gasteiger charge is 2.56. The first-order valence-electron chi connectivity index (χ1n) is 12.1. The van der Waals surface area contributed by atoms with Crippen LogP contribution in [-0.4, -0.2) is 86.4 Å². The first-order valence-corrected chi connectivity index (χ1v) is 16.2. The Morgan fingerprint density at radius 2 is 1.64 bits per heavy atom. The molecule has 3 unspecified atom stereocenters. The average molecular weight is 620 g/mol. The molecular weight excluding hydrogens is 594 g/mol. The summed E-state index contributed by atoms with van der Waals surface area (Å²) < 4.78 is 69.1. The number of amides is 2. The first kappa shape index (κ1) is 28.2. The number of carbonyl (C=O) groups is 2. The molecule has 3 aliphatic rings. The van der Waals surface area contributed by atoms with E-state index in [1.54, 1.807) is 4.90 Å². The SMILES string of the molecule is CS(=O)(=O)NC1CN(S(=O)(=O)c2ccc(Cl)cc2Cl)C2CN(C3CC3)C(=O)C(Cc3ccc(F)cc3)N2C1=O. The number of nitrogens with one attached hydrogen (secondary N) is 1. The number of sulfonamides is 2. The van der Waals surface area contributed by atoms with E-state index < -0.39 is 56.6 Å². The van der Waals surface area contributed by atoms with Gasteiger partial charge in [-0.25, -0.2) is 25.9 Å². The lowest BCUT2D eigenvalue weighted by molar-refractivity contribution is -0.167. The Kier molecular flexibility index (Phi) is 7.44. The lowest BCUT2D eigenvalue weighted by Gasteiger charge is -2.53. The predicted molar refractivity (Wildman–Crippen MR) is 141 cm³/mol. The molecule has 2 aromatic rings. The third-order valence-corrected chi connectivity index (χ3v) is 10.3. The fourth-order valence-electron chi connectivity index (χ4n) is 5.12. The van der Waals surface area contributed by atoms with E-state index in [1.165, 1.54) is 42.5 Å². The molecule has 0 aromatic heterocycles. The van der Waals surface area contributed by atoms with E-state index in [1.807, 2.05) is 0 Å². The molecule has 1 aliphatic carbocycles. The maximum Gasteiger partial charge on any atom is 0.246 e. The fraction of sp³-hybridized carbons (Fsp3) is 0.417. The van der Waals surface area contributed by atoms with Crippen molar-refractivity contribution in [2.24, 2.45) is 0 Å². The van der Waals surface area contributed by atoms with Crippen molar-refractivity contribution in [3.05, 3.63) is 63.9 Å². The van der Waals surface area contributed by atoms with Crippen molar-refractivity contribution in [2.45, 2.75) is 48.4 Å². The molecule has 2 saturated heterocycles. The van der Waals surface area contributed by atoms with Crippen LogP contribution < -0.4 is 4.72 Å². The van der Waals surface area contributed by atoms with E-state index in [0.29, 0.717) is 5.56 Å².